The highest BCUT2D eigenvalue weighted by Crippen LogP contribution is 2.45. The Morgan fingerprint density at radius 2 is 1.86 bits per heavy atom. The van der Waals surface area contributed by atoms with Crippen LogP contribution in [-0.4, -0.2) is 53.8 Å². The summed E-state index contributed by atoms with van der Waals surface area (Å²) < 4.78 is 18.9. The van der Waals surface area contributed by atoms with Crippen molar-refractivity contribution >= 4 is 17.7 Å². The lowest BCUT2D eigenvalue weighted by Crippen LogP contribution is -2.48. The number of likely N-dealkylation sites (tertiary alicyclic amines) is 1. The molecular formula is C21H25FN2O4. The van der Waals surface area contributed by atoms with E-state index < -0.39 is 5.41 Å². The minimum absolute atomic E-state index is 0.172. The quantitative estimate of drug-likeness (QED) is 0.746. The molecule has 1 aliphatic carbocycles. The third kappa shape index (κ3) is 3.55. The van der Waals surface area contributed by atoms with Crippen LogP contribution in [0.4, 0.5) is 4.39 Å². The molecule has 1 aromatic carbocycles. The topological polar surface area (TPSA) is 66.9 Å². The van der Waals surface area contributed by atoms with Crippen LogP contribution in [0.25, 0.3) is 0 Å². The van der Waals surface area contributed by atoms with Gasteiger partial charge in [0.1, 0.15) is 18.5 Å². The standard InChI is InChI=1S/C21H25FN2O4/c22-16-6-4-15(5-7-16)17-13-23(10-11-28-17)19(26)14-24-18(25)12-21(20(24)27)8-2-1-3-9-21/h4-7,17H,1-3,8-14H2/t17-/m1/s1. The zero-order valence-corrected chi connectivity index (χ0v) is 15.9. The van der Waals surface area contributed by atoms with Crippen molar-refractivity contribution in [3.8, 4) is 0 Å². The van der Waals surface area contributed by atoms with E-state index >= 15 is 0 Å². The normalized spacial score (nSPS) is 24.8. The summed E-state index contributed by atoms with van der Waals surface area (Å²) in [6.07, 6.45) is 4.40. The van der Waals surface area contributed by atoms with E-state index in [1.165, 1.54) is 12.1 Å². The highest BCUT2D eigenvalue weighted by Gasteiger charge is 2.52. The Morgan fingerprint density at radius 1 is 1.14 bits per heavy atom. The molecule has 0 unspecified atom stereocenters. The van der Waals surface area contributed by atoms with E-state index in [0.717, 1.165) is 42.6 Å². The van der Waals surface area contributed by atoms with Gasteiger partial charge in [0.25, 0.3) is 0 Å². The summed E-state index contributed by atoms with van der Waals surface area (Å²) >= 11 is 0. The number of hydrogen-bond donors (Lipinski definition) is 0. The number of amides is 3. The Hall–Kier alpha value is -2.28. The summed E-state index contributed by atoms with van der Waals surface area (Å²) in [6, 6.07) is 6.03. The fourth-order valence-electron chi connectivity index (χ4n) is 4.63. The Bertz CT molecular complexity index is 773. The fraction of sp³-hybridized carbons (Fsp3) is 0.571. The Morgan fingerprint density at radius 3 is 2.57 bits per heavy atom. The maximum atomic E-state index is 13.1. The molecule has 0 radical (unpaired) electrons. The summed E-state index contributed by atoms with van der Waals surface area (Å²) in [5, 5.41) is 0. The number of ether oxygens (including phenoxy) is 1. The third-order valence-electron chi connectivity index (χ3n) is 6.25. The van der Waals surface area contributed by atoms with Crippen molar-refractivity contribution in [3.63, 3.8) is 0 Å². The Labute approximate surface area is 163 Å². The van der Waals surface area contributed by atoms with Gasteiger partial charge in [-0.05, 0) is 30.5 Å². The summed E-state index contributed by atoms with van der Waals surface area (Å²) in [4.78, 5) is 41.0. The van der Waals surface area contributed by atoms with Crippen LogP contribution in [0.1, 0.15) is 50.2 Å². The molecule has 7 heteroatoms. The number of morpholine rings is 1. The van der Waals surface area contributed by atoms with E-state index in [1.807, 2.05) is 0 Å². The van der Waals surface area contributed by atoms with Crippen molar-refractivity contribution in [2.24, 2.45) is 5.41 Å². The molecule has 2 heterocycles. The van der Waals surface area contributed by atoms with Crippen molar-refractivity contribution < 1.29 is 23.5 Å². The van der Waals surface area contributed by atoms with E-state index in [4.69, 9.17) is 4.74 Å². The molecule has 6 nitrogen and oxygen atoms in total. The lowest BCUT2D eigenvalue weighted by molar-refractivity contribution is -0.150. The van der Waals surface area contributed by atoms with Gasteiger partial charge in [0.2, 0.25) is 17.7 Å². The Kier molecular flexibility index (Phi) is 5.19. The van der Waals surface area contributed by atoms with Gasteiger partial charge in [-0.3, -0.25) is 19.3 Å². The predicted molar refractivity (Wildman–Crippen MR) is 98.5 cm³/mol. The number of hydrogen-bond acceptors (Lipinski definition) is 4. The molecule has 28 heavy (non-hydrogen) atoms. The van der Waals surface area contributed by atoms with Gasteiger partial charge in [-0.25, -0.2) is 4.39 Å². The average Bonchev–Trinajstić information content (AvgIpc) is 2.93. The predicted octanol–water partition coefficient (Wildman–Crippen LogP) is 2.44. The molecular weight excluding hydrogens is 363 g/mol. The molecule has 1 saturated carbocycles. The molecule has 0 bridgehead atoms. The van der Waals surface area contributed by atoms with E-state index in [2.05, 4.69) is 0 Å². The molecule has 150 valence electrons. The minimum Gasteiger partial charge on any atom is -0.370 e. The second kappa shape index (κ2) is 7.62. The van der Waals surface area contributed by atoms with Crippen LogP contribution in [0, 0.1) is 11.2 Å². The van der Waals surface area contributed by atoms with Crippen LogP contribution in [0.2, 0.25) is 0 Å². The maximum Gasteiger partial charge on any atom is 0.242 e. The van der Waals surface area contributed by atoms with Gasteiger partial charge in [-0.15, -0.1) is 0 Å². The van der Waals surface area contributed by atoms with Crippen LogP contribution >= 0.6 is 0 Å². The molecule has 1 atom stereocenters. The number of rotatable bonds is 3. The lowest BCUT2D eigenvalue weighted by Gasteiger charge is -2.34. The monoisotopic (exact) mass is 388 g/mol. The largest absolute Gasteiger partial charge is 0.370 e. The number of carbonyl (C=O) groups excluding carboxylic acids is 3. The first-order chi connectivity index (χ1) is 13.5. The number of carbonyl (C=O) groups is 3. The first-order valence-corrected chi connectivity index (χ1v) is 9.98. The molecule has 3 amide bonds. The van der Waals surface area contributed by atoms with Crippen molar-refractivity contribution in [1.29, 1.82) is 0 Å². The Balaban J connectivity index is 1.41. The fourth-order valence-corrected chi connectivity index (χ4v) is 4.63. The highest BCUT2D eigenvalue weighted by atomic mass is 19.1. The zero-order valence-electron chi connectivity index (χ0n) is 15.9. The second-order valence-corrected chi connectivity index (χ2v) is 8.05. The van der Waals surface area contributed by atoms with E-state index in [1.54, 1.807) is 17.0 Å². The molecule has 1 spiro atoms. The average molecular weight is 388 g/mol. The number of imide groups is 1. The van der Waals surface area contributed by atoms with Gasteiger partial charge in [-0.1, -0.05) is 31.4 Å². The lowest BCUT2D eigenvalue weighted by atomic mass is 9.73. The molecule has 3 fully saturated rings. The molecule has 0 N–H and O–H groups in total. The van der Waals surface area contributed by atoms with Crippen LogP contribution in [0.15, 0.2) is 24.3 Å². The molecule has 4 rings (SSSR count). The van der Waals surface area contributed by atoms with Crippen molar-refractivity contribution in [2.45, 2.75) is 44.6 Å². The summed E-state index contributed by atoms with van der Waals surface area (Å²) in [6.45, 7) is 0.902. The minimum atomic E-state index is -0.572. The van der Waals surface area contributed by atoms with Crippen LogP contribution in [0.5, 0.6) is 0 Å². The van der Waals surface area contributed by atoms with Crippen LogP contribution < -0.4 is 0 Å². The molecule has 0 aromatic heterocycles. The molecule has 2 saturated heterocycles. The van der Waals surface area contributed by atoms with Gasteiger partial charge in [-0.2, -0.15) is 0 Å². The van der Waals surface area contributed by atoms with Crippen LogP contribution in [0.3, 0.4) is 0 Å². The van der Waals surface area contributed by atoms with Gasteiger partial charge < -0.3 is 9.64 Å². The second-order valence-electron chi connectivity index (χ2n) is 8.05. The summed E-state index contributed by atoms with van der Waals surface area (Å²) in [5.74, 6) is -0.974. The molecule has 1 aromatic rings. The highest BCUT2D eigenvalue weighted by molar-refractivity contribution is 6.08. The third-order valence-corrected chi connectivity index (χ3v) is 6.25. The van der Waals surface area contributed by atoms with Crippen molar-refractivity contribution in [1.82, 2.24) is 9.80 Å². The number of halogens is 1. The maximum absolute atomic E-state index is 13.1. The number of nitrogens with zero attached hydrogens (tertiary/aromatic N) is 2. The van der Waals surface area contributed by atoms with Gasteiger partial charge in [0.05, 0.1) is 18.6 Å². The number of benzene rings is 1. The first kappa shape index (κ1) is 19.1. The zero-order chi connectivity index (χ0) is 19.7. The van der Waals surface area contributed by atoms with Gasteiger partial charge in [0, 0.05) is 13.0 Å². The van der Waals surface area contributed by atoms with Crippen molar-refractivity contribution in [3.05, 3.63) is 35.6 Å². The van der Waals surface area contributed by atoms with E-state index in [0.29, 0.717) is 19.7 Å². The summed E-state index contributed by atoms with van der Waals surface area (Å²) in [7, 11) is 0. The van der Waals surface area contributed by atoms with Crippen molar-refractivity contribution in [2.75, 3.05) is 26.2 Å². The van der Waals surface area contributed by atoms with E-state index in [-0.39, 0.29) is 42.6 Å². The van der Waals surface area contributed by atoms with Crippen LogP contribution in [-0.2, 0) is 19.1 Å². The molecule has 2 aliphatic heterocycles. The summed E-state index contributed by atoms with van der Waals surface area (Å²) in [5.41, 5.74) is 0.227. The van der Waals surface area contributed by atoms with Gasteiger partial charge in [0.15, 0.2) is 0 Å². The SMILES string of the molecule is O=C(CN1C(=O)CC2(CCCCC2)C1=O)N1CCO[C@@H](c2ccc(F)cc2)C1. The smallest absolute Gasteiger partial charge is 0.242 e. The first-order valence-electron chi connectivity index (χ1n) is 9.98. The molecule has 3 aliphatic rings. The van der Waals surface area contributed by atoms with E-state index in [9.17, 15) is 18.8 Å². The van der Waals surface area contributed by atoms with Gasteiger partial charge >= 0.3 is 0 Å².